The number of hydrogen-bond acceptors (Lipinski definition) is 3. The van der Waals surface area contributed by atoms with Crippen molar-refractivity contribution in [3.8, 4) is 0 Å². The molecule has 1 aliphatic rings. The van der Waals surface area contributed by atoms with Gasteiger partial charge in [-0.25, -0.2) is 0 Å². The van der Waals surface area contributed by atoms with E-state index in [4.69, 9.17) is 5.73 Å². The molecule has 0 radical (unpaired) electrons. The lowest BCUT2D eigenvalue weighted by atomic mass is 10.00. The predicted octanol–water partition coefficient (Wildman–Crippen LogP) is 3.43. The van der Waals surface area contributed by atoms with Crippen LogP contribution >= 0.6 is 24.2 Å². The standard InChI is InChI=1S/C15H22N2OS.ClH/c1-19-10-11-5-7-13(8-6-11)17-15(18)9-12-3-2-4-14(12)16;/h5-8,12,14H,2-4,9-10,16H2,1H3,(H,17,18);1H/t12-,14+;/m0./s1. The molecule has 2 rings (SSSR count). The first kappa shape index (κ1) is 17.3. The third kappa shape index (κ3) is 5.00. The molecule has 1 aromatic carbocycles. The predicted molar refractivity (Wildman–Crippen MR) is 89.5 cm³/mol. The SMILES string of the molecule is CSCc1ccc(NC(=O)C[C@@H]2CCC[C@H]2N)cc1.Cl. The molecule has 0 bridgehead atoms. The fourth-order valence-corrected chi connectivity index (χ4v) is 3.15. The summed E-state index contributed by atoms with van der Waals surface area (Å²) in [5.74, 6) is 1.45. The number of nitrogens with two attached hydrogens (primary N) is 1. The second kappa shape index (κ2) is 8.55. The Morgan fingerprint density at radius 3 is 2.60 bits per heavy atom. The van der Waals surface area contributed by atoms with Crippen LogP contribution in [0.25, 0.3) is 0 Å². The van der Waals surface area contributed by atoms with E-state index in [-0.39, 0.29) is 24.4 Å². The lowest BCUT2D eigenvalue weighted by Crippen LogP contribution is -2.28. The summed E-state index contributed by atoms with van der Waals surface area (Å²) < 4.78 is 0. The van der Waals surface area contributed by atoms with E-state index in [0.29, 0.717) is 12.3 Å². The fraction of sp³-hybridized carbons (Fsp3) is 0.533. The lowest BCUT2D eigenvalue weighted by Gasteiger charge is -2.14. The van der Waals surface area contributed by atoms with Crippen LogP contribution in [0.1, 0.15) is 31.2 Å². The monoisotopic (exact) mass is 314 g/mol. The molecule has 0 heterocycles. The fourth-order valence-electron chi connectivity index (χ4n) is 2.62. The van der Waals surface area contributed by atoms with Crippen molar-refractivity contribution in [1.82, 2.24) is 0 Å². The van der Waals surface area contributed by atoms with E-state index in [9.17, 15) is 4.79 Å². The van der Waals surface area contributed by atoms with Crippen LogP contribution in [0.3, 0.4) is 0 Å². The number of thioether (sulfide) groups is 1. The highest BCUT2D eigenvalue weighted by Gasteiger charge is 2.25. The summed E-state index contributed by atoms with van der Waals surface area (Å²) in [4.78, 5) is 12.0. The van der Waals surface area contributed by atoms with E-state index >= 15 is 0 Å². The van der Waals surface area contributed by atoms with Crippen molar-refractivity contribution in [2.24, 2.45) is 11.7 Å². The van der Waals surface area contributed by atoms with E-state index in [1.807, 2.05) is 12.1 Å². The summed E-state index contributed by atoms with van der Waals surface area (Å²) in [6.45, 7) is 0. The maximum Gasteiger partial charge on any atom is 0.224 e. The maximum absolute atomic E-state index is 12.0. The quantitative estimate of drug-likeness (QED) is 0.875. The molecule has 1 fully saturated rings. The minimum atomic E-state index is 0. The van der Waals surface area contributed by atoms with Gasteiger partial charge in [0.1, 0.15) is 0 Å². The van der Waals surface area contributed by atoms with Crippen molar-refractivity contribution in [2.75, 3.05) is 11.6 Å². The van der Waals surface area contributed by atoms with Crippen molar-refractivity contribution in [3.63, 3.8) is 0 Å². The highest BCUT2D eigenvalue weighted by molar-refractivity contribution is 7.97. The minimum Gasteiger partial charge on any atom is -0.327 e. The van der Waals surface area contributed by atoms with Crippen LogP contribution in [-0.4, -0.2) is 18.2 Å². The molecule has 1 aliphatic carbocycles. The van der Waals surface area contributed by atoms with Gasteiger partial charge in [0.15, 0.2) is 0 Å². The number of benzene rings is 1. The second-order valence-electron chi connectivity index (χ2n) is 5.24. The number of carbonyl (C=O) groups excluding carboxylic acids is 1. The molecular formula is C15H23ClN2OS. The van der Waals surface area contributed by atoms with Gasteiger partial charge in [0.05, 0.1) is 0 Å². The van der Waals surface area contributed by atoms with Gasteiger partial charge in [-0.05, 0) is 42.7 Å². The molecule has 1 amide bonds. The van der Waals surface area contributed by atoms with Crippen LogP contribution in [0.5, 0.6) is 0 Å². The Labute approximate surface area is 131 Å². The molecule has 3 nitrogen and oxygen atoms in total. The van der Waals surface area contributed by atoms with Crippen LogP contribution in [0, 0.1) is 5.92 Å². The Kier molecular flexibility index (Phi) is 7.41. The molecule has 2 atom stereocenters. The molecule has 0 aliphatic heterocycles. The van der Waals surface area contributed by atoms with Gasteiger partial charge in [0.25, 0.3) is 0 Å². The Bertz CT molecular complexity index is 424. The number of carbonyl (C=O) groups is 1. The first-order valence-corrected chi connectivity index (χ1v) is 8.21. The third-order valence-corrected chi connectivity index (χ3v) is 4.34. The first-order chi connectivity index (χ1) is 9.19. The van der Waals surface area contributed by atoms with E-state index in [1.54, 1.807) is 11.8 Å². The van der Waals surface area contributed by atoms with Crippen molar-refractivity contribution in [1.29, 1.82) is 0 Å². The molecule has 1 aromatic rings. The van der Waals surface area contributed by atoms with Gasteiger partial charge in [-0.3, -0.25) is 4.79 Å². The Morgan fingerprint density at radius 2 is 2.05 bits per heavy atom. The van der Waals surface area contributed by atoms with Crippen LogP contribution in [0.4, 0.5) is 5.69 Å². The Hall–Kier alpha value is -0.710. The van der Waals surface area contributed by atoms with Crippen LogP contribution < -0.4 is 11.1 Å². The normalized spacial score (nSPS) is 21.3. The molecule has 112 valence electrons. The third-order valence-electron chi connectivity index (χ3n) is 3.71. The number of hydrogen-bond donors (Lipinski definition) is 2. The van der Waals surface area contributed by atoms with Gasteiger partial charge < -0.3 is 11.1 Å². The molecule has 0 aromatic heterocycles. The second-order valence-corrected chi connectivity index (χ2v) is 6.10. The number of amides is 1. The summed E-state index contributed by atoms with van der Waals surface area (Å²) in [6.07, 6.45) is 5.93. The average Bonchev–Trinajstić information content (AvgIpc) is 2.78. The first-order valence-electron chi connectivity index (χ1n) is 6.82. The van der Waals surface area contributed by atoms with Gasteiger partial charge in [-0.15, -0.1) is 12.4 Å². The molecule has 0 saturated heterocycles. The van der Waals surface area contributed by atoms with E-state index in [1.165, 1.54) is 5.56 Å². The highest BCUT2D eigenvalue weighted by Crippen LogP contribution is 2.27. The van der Waals surface area contributed by atoms with Gasteiger partial charge in [-0.1, -0.05) is 18.6 Å². The zero-order valence-electron chi connectivity index (χ0n) is 11.8. The molecule has 1 saturated carbocycles. The van der Waals surface area contributed by atoms with Crippen molar-refractivity contribution in [3.05, 3.63) is 29.8 Å². The zero-order chi connectivity index (χ0) is 13.7. The minimum absolute atomic E-state index is 0. The van der Waals surface area contributed by atoms with E-state index in [0.717, 1.165) is 30.7 Å². The van der Waals surface area contributed by atoms with Crippen molar-refractivity contribution < 1.29 is 4.79 Å². The van der Waals surface area contributed by atoms with E-state index in [2.05, 4.69) is 23.7 Å². The number of nitrogens with one attached hydrogen (secondary N) is 1. The van der Waals surface area contributed by atoms with Crippen LogP contribution in [0.15, 0.2) is 24.3 Å². The Morgan fingerprint density at radius 1 is 1.35 bits per heavy atom. The van der Waals surface area contributed by atoms with Gasteiger partial charge >= 0.3 is 0 Å². The van der Waals surface area contributed by atoms with Gasteiger partial charge in [-0.2, -0.15) is 11.8 Å². The molecular weight excluding hydrogens is 292 g/mol. The molecule has 0 unspecified atom stereocenters. The lowest BCUT2D eigenvalue weighted by molar-refractivity contribution is -0.117. The number of halogens is 1. The average molecular weight is 315 g/mol. The summed E-state index contributed by atoms with van der Waals surface area (Å²) in [6, 6.07) is 8.27. The van der Waals surface area contributed by atoms with Gasteiger partial charge in [0.2, 0.25) is 5.91 Å². The largest absolute Gasteiger partial charge is 0.327 e. The van der Waals surface area contributed by atoms with Crippen molar-refractivity contribution >= 4 is 35.8 Å². The van der Waals surface area contributed by atoms with Crippen molar-refractivity contribution in [2.45, 2.75) is 37.5 Å². The molecule has 5 heteroatoms. The van der Waals surface area contributed by atoms with Crippen LogP contribution in [-0.2, 0) is 10.5 Å². The molecule has 0 spiro atoms. The molecule has 3 N–H and O–H groups in total. The number of anilines is 1. The molecule has 20 heavy (non-hydrogen) atoms. The summed E-state index contributed by atoms with van der Waals surface area (Å²) in [7, 11) is 0. The van der Waals surface area contributed by atoms with Crippen LogP contribution in [0.2, 0.25) is 0 Å². The Balaban J connectivity index is 0.00000200. The highest BCUT2D eigenvalue weighted by atomic mass is 35.5. The van der Waals surface area contributed by atoms with Gasteiger partial charge in [0, 0.05) is 23.9 Å². The summed E-state index contributed by atoms with van der Waals surface area (Å²) >= 11 is 1.79. The topological polar surface area (TPSA) is 55.1 Å². The summed E-state index contributed by atoms with van der Waals surface area (Å²) in [5, 5.41) is 2.96. The smallest absolute Gasteiger partial charge is 0.224 e. The summed E-state index contributed by atoms with van der Waals surface area (Å²) in [5.41, 5.74) is 8.15. The van der Waals surface area contributed by atoms with E-state index < -0.39 is 0 Å². The number of rotatable bonds is 5. The maximum atomic E-state index is 12.0. The zero-order valence-corrected chi connectivity index (χ0v) is 13.4.